The molecule has 0 fully saturated rings. The standard InChI is InChI=1S/C11H13BrN2/c1-8(7-13)9(2)14-11-5-3-10(12)4-6-11/h3-7H,13H2,1-2H3/b8-7-,14-9?. The second-order valence-electron chi connectivity index (χ2n) is 3.02. The smallest absolute Gasteiger partial charge is 0.0633 e. The predicted octanol–water partition coefficient (Wildman–Crippen LogP) is 3.40. The average Bonchev–Trinajstić information content (AvgIpc) is 2.20. The van der Waals surface area contributed by atoms with Crippen molar-refractivity contribution < 1.29 is 0 Å². The summed E-state index contributed by atoms with van der Waals surface area (Å²) in [6.45, 7) is 3.89. The van der Waals surface area contributed by atoms with Gasteiger partial charge in [0.05, 0.1) is 5.69 Å². The molecule has 0 bridgehead atoms. The van der Waals surface area contributed by atoms with Crippen LogP contribution in [-0.4, -0.2) is 5.71 Å². The SMILES string of the molecule is CC(=Nc1ccc(Br)cc1)/C(C)=C\N. The van der Waals surface area contributed by atoms with E-state index in [0.29, 0.717) is 0 Å². The van der Waals surface area contributed by atoms with Crippen molar-refractivity contribution in [2.24, 2.45) is 10.7 Å². The molecule has 1 aromatic carbocycles. The molecular formula is C11H13BrN2. The molecule has 0 heterocycles. The van der Waals surface area contributed by atoms with Gasteiger partial charge in [-0.3, -0.25) is 4.99 Å². The molecule has 1 aromatic rings. The van der Waals surface area contributed by atoms with Crippen LogP contribution in [0.15, 0.2) is 45.5 Å². The quantitative estimate of drug-likeness (QED) is 0.806. The summed E-state index contributed by atoms with van der Waals surface area (Å²) in [6, 6.07) is 7.84. The molecule has 2 N–H and O–H groups in total. The number of nitrogens with zero attached hydrogens (tertiary/aromatic N) is 1. The lowest BCUT2D eigenvalue weighted by Gasteiger charge is -1.99. The highest BCUT2D eigenvalue weighted by molar-refractivity contribution is 9.10. The van der Waals surface area contributed by atoms with Gasteiger partial charge in [0.15, 0.2) is 0 Å². The molecule has 3 heteroatoms. The van der Waals surface area contributed by atoms with Crippen molar-refractivity contribution in [3.63, 3.8) is 0 Å². The highest BCUT2D eigenvalue weighted by Gasteiger charge is 1.94. The van der Waals surface area contributed by atoms with E-state index in [9.17, 15) is 0 Å². The summed E-state index contributed by atoms with van der Waals surface area (Å²) in [4.78, 5) is 4.42. The average molecular weight is 253 g/mol. The Morgan fingerprint density at radius 2 is 1.86 bits per heavy atom. The number of halogens is 1. The van der Waals surface area contributed by atoms with Gasteiger partial charge >= 0.3 is 0 Å². The van der Waals surface area contributed by atoms with E-state index in [2.05, 4.69) is 20.9 Å². The van der Waals surface area contributed by atoms with Gasteiger partial charge in [-0.2, -0.15) is 0 Å². The van der Waals surface area contributed by atoms with E-state index in [4.69, 9.17) is 5.73 Å². The van der Waals surface area contributed by atoms with Crippen LogP contribution in [0.25, 0.3) is 0 Å². The molecule has 2 nitrogen and oxygen atoms in total. The molecule has 0 radical (unpaired) electrons. The predicted molar refractivity (Wildman–Crippen MR) is 64.9 cm³/mol. The Morgan fingerprint density at radius 1 is 1.29 bits per heavy atom. The fourth-order valence-electron chi connectivity index (χ4n) is 0.918. The Balaban J connectivity index is 2.92. The van der Waals surface area contributed by atoms with Crippen LogP contribution in [0.2, 0.25) is 0 Å². The first-order valence-electron chi connectivity index (χ1n) is 4.33. The van der Waals surface area contributed by atoms with Crippen molar-refractivity contribution in [2.75, 3.05) is 0 Å². The topological polar surface area (TPSA) is 38.4 Å². The lowest BCUT2D eigenvalue weighted by Crippen LogP contribution is -1.95. The molecule has 0 unspecified atom stereocenters. The summed E-state index contributed by atoms with van der Waals surface area (Å²) >= 11 is 3.37. The molecule has 74 valence electrons. The fourth-order valence-corrected chi connectivity index (χ4v) is 1.18. The largest absolute Gasteiger partial charge is 0.404 e. The molecule has 0 amide bonds. The molecule has 0 spiro atoms. The Morgan fingerprint density at radius 3 is 2.36 bits per heavy atom. The highest BCUT2D eigenvalue weighted by atomic mass is 79.9. The van der Waals surface area contributed by atoms with Gasteiger partial charge in [-0.05, 0) is 49.9 Å². The van der Waals surface area contributed by atoms with E-state index < -0.39 is 0 Å². The Hall–Kier alpha value is -1.09. The Labute approximate surface area is 92.7 Å². The summed E-state index contributed by atoms with van der Waals surface area (Å²) in [5.41, 5.74) is 8.27. The van der Waals surface area contributed by atoms with Crippen molar-refractivity contribution >= 4 is 27.3 Å². The maximum absolute atomic E-state index is 5.40. The Bertz CT molecular complexity index is 363. The van der Waals surface area contributed by atoms with Gasteiger partial charge in [0.2, 0.25) is 0 Å². The van der Waals surface area contributed by atoms with Crippen molar-refractivity contribution in [2.45, 2.75) is 13.8 Å². The minimum absolute atomic E-state index is 0.937. The van der Waals surface area contributed by atoms with Crippen LogP contribution >= 0.6 is 15.9 Å². The lowest BCUT2D eigenvalue weighted by atomic mass is 10.2. The van der Waals surface area contributed by atoms with Crippen molar-refractivity contribution in [1.29, 1.82) is 0 Å². The number of rotatable bonds is 2. The first-order chi connectivity index (χ1) is 6.63. The van der Waals surface area contributed by atoms with E-state index in [0.717, 1.165) is 21.4 Å². The first kappa shape index (κ1) is 11.0. The minimum Gasteiger partial charge on any atom is -0.404 e. The first-order valence-corrected chi connectivity index (χ1v) is 5.12. The molecule has 0 aromatic heterocycles. The van der Waals surface area contributed by atoms with E-state index in [1.807, 2.05) is 38.1 Å². The number of aliphatic imine (C=N–C) groups is 1. The van der Waals surface area contributed by atoms with Crippen LogP contribution in [0.3, 0.4) is 0 Å². The lowest BCUT2D eigenvalue weighted by molar-refractivity contribution is 1.41. The van der Waals surface area contributed by atoms with Gasteiger partial charge in [0.25, 0.3) is 0 Å². The van der Waals surface area contributed by atoms with Gasteiger partial charge in [-0.25, -0.2) is 0 Å². The normalized spacial score (nSPS) is 13.1. The zero-order valence-electron chi connectivity index (χ0n) is 8.29. The number of hydrogen-bond acceptors (Lipinski definition) is 2. The number of nitrogens with two attached hydrogens (primary N) is 1. The monoisotopic (exact) mass is 252 g/mol. The van der Waals surface area contributed by atoms with Gasteiger partial charge in [-0.1, -0.05) is 15.9 Å². The van der Waals surface area contributed by atoms with Gasteiger partial charge in [-0.15, -0.1) is 0 Å². The number of hydrogen-bond donors (Lipinski definition) is 1. The van der Waals surface area contributed by atoms with Crippen LogP contribution in [0.4, 0.5) is 5.69 Å². The van der Waals surface area contributed by atoms with E-state index >= 15 is 0 Å². The molecule has 1 rings (SSSR count). The van der Waals surface area contributed by atoms with Crippen LogP contribution < -0.4 is 5.73 Å². The third-order valence-electron chi connectivity index (χ3n) is 1.94. The molecule has 0 aliphatic carbocycles. The second kappa shape index (κ2) is 4.96. The molecule has 0 atom stereocenters. The third kappa shape index (κ3) is 3.00. The maximum atomic E-state index is 5.40. The van der Waals surface area contributed by atoms with Crippen molar-refractivity contribution in [1.82, 2.24) is 0 Å². The second-order valence-corrected chi connectivity index (χ2v) is 3.94. The molecular weight excluding hydrogens is 240 g/mol. The van der Waals surface area contributed by atoms with Gasteiger partial charge in [0.1, 0.15) is 0 Å². The molecule has 0 saturated heterocycles. The molecule has 0 saturated carbocycles. The van der Waals surface area contributed by atoms with Crippen LogP contribution in [-0.2, 0) is 0 Å². The van der Waals surface area contributed by atoms with E-state index in [1.165, 1.54) is 0 Å². The molecule has 0 aliphatic rings. The van der Waals surface area contributed by atoms with E-state index in [1.54, 1.807) is 6.20 Å². The van der Waals surface area contributed by atoms with Crippen LogP contribution in [0.1, 0.15) is 13.8 Å². The summed E-state index contributed by atoms with van der Waals surface area (Å²) in [5, 5.41) is 0. The Kier molecular flexibility index (Phi) is 3.89. The third-order valence-corrected chi connectivity index (χ3v) is 2.47. The minimum atomic E-state index is 0.937. The zero-order chi connectivity index (χ0) is 10.6. The summed E-state index contributed by atoms with van der Waals surface area (Å²) in [5.74, 6) is 0. The van der Waals surface area contributed by atoms with Gasteiger partial charge in [0, 0.05) is 10.2 Å². The van der Waals surface area contributed by atoms with Crippen molar-refractivity contribution in [3.05, 3.63) is 40.5 Å². The van der Waals surface area contributed by atoms with E-state index in [-0.39, 0.29) is 0 Å². The fraction of sp³-hybridized carbons (Fsp3) is 0.182. The van der Waals surface area contributed by atoms with Crippen molar-refractivity contribution in [3.8, 4) is 0 Å². The number of allylic oxidation sites excluding steroid dienone is 1. The summed E-state index contributed by atoms with van der Waals surface area (Å²) in [6.07, 6.45) is 1.57. The zero-order valence-corrected chi connectivity index (χ0v) is 9.88. The maximum Gasteiger partial charge on any atom is 0.0633 e. The summed E-state index contributed by atoms with van der Waals surface area (Å²) in [7, 11) is 0. The van der Waals surface area contributed by atoms with Crippen LogP contribution in [0.5, 0.6) is 0 Å². The highest BCUT2D eigenvalue weighted by Crippen LogP contribution is 2.17. The van der Waals surface area contributed by atoms with Crippen LogP contribution in [0, 0.1) is 0 Å². The molecule has 14 heavy (non-hydrogen) atoms. The summed E-state index contributed by atoms with van der Waals surface area (Å²) < 4.78 is 1.06. The number of benzene rings is 1. The molecule has 0 aliphatic heterocycles. The van der Waals surface area contributed by atoms with Gasteiger partial charge < -0.3 is 5.73 Å².